The summed E-state index contributed by atoms with van der Waals surface area (Å²) in [6, 6.07) is 3.84. The molecule has 0 fully saturated rings. The number of nitrogens with zero attached hydrogens (tertiary/aromatic N) is 1. The van der Waals surface area contributed by atoms with E-state index in [1.165, 1.54) is 0 Å². The van der Waals surface area contributed by atoms with Crippen molar-refractivity contribution in [1.82, 2.24) is 4.98 Å². The van der Waals surface area contributed by atoms with Gasteiger partial charge < -0.3 is 10.5 Å². The third-order valence-electron chi connectivity index (χ3n) is 2.04. The van der Waals surface area contributed by atoms with Crippen LogP contribution >= 0.6 is 11.8 Å². The molecule has 88 valence electrons. The lowest BCUT2D eigenvalue weighted by atomic mass is 10.2. The Hall–Kier alpha value is -1.07. The van der Waals surface area contributed by atoms with E-state index in [9.17, 15) is 0 Å². The van der Waals surface area contributed by atoms with E-state index in [2.05, 4.69) is 4.98 Å². The SMILES string of the molecule is COCCCSCc1cccnc1C(=N)N. The minimum Gasteiger partial charge on any atom is -0.385 e. The molecule has 0 aliphatic rings. The first-order valence-electron chi connectivity index (χ1n) is 5.10. The van der Waals surface area contributed by atoms with Crippen LogP contribution < -0.4 is 5.73 Å². The van der Waals surface area contributed by atoms with Crippen LogP contribution in [0, 0.1) is 5.41 Å². The van der Waals surface area contributed by atoms with Crippen molar-refractivity contribution in [2.45, 2.75) is 12.2 Å². The number of hydrogen-bond acceptors (Lipinski definition) is 4. The molecule has 1 aromatic heterocycles. The highest BCUT2D eigenvalue weighted by Crippen LogP contribution is 2.15. The fourth-order valence-corrected chi connectivity index (χ4v) is 2.20. The molecular formula is C11H17N3OS. The summed E-state index contributed by atoms with van der Waals surface area (Å²) in [6.45, 7) is 0.791. The molecule has 0 spiro atoms. The molecule has 0 atom stereocenters. The van der Waals surface area contributed by atoms with Gasteiger partial charge in [-0.05, 0) is 23.8 Å². The first-order chi connectivity index (χ1) is 7.75. The average molecular weight is 239 g/mol. The van der Waals surface area contributed by atoms with Crippen molar-refractivity contribution in [3.05, 3.63) is 29.6 Å². The van der Waals surface area contributed by atoms with E-state index in [1.54, 1.807) is 25.1 Å². The summed E-state index contributed by atoms with van der Waals surface area (Å²) in [5.41, 5.74) is 7.08. The summed E-state index contributed by atoms with van der Waals surface area (Å²) < 4.78 is 4.98. The summed E-state index contributed by atoms with van der Waals surface area (Å²) in [5.74, 6) is 1.92. The molecule has 1 rings (SSSR count). The Bertz CT molecular complexity index is 344. The van der Waals surface area contributed by atoms with Crippen LogP contribution in [0.1, 0.15) is 17.7 Å². The summed E-state index contributed by atoms with van der Waals surface area (Å²) in [5, 5.41) is 7.41. The first-order valence-corrected chi connectivity index (χ1v) is 6.26. The number of pyridine rings is 1. The van der Waals surface area contributed by atoms with E-state index >= 15 is 0 Å². The van der Waals surface area contributed by atoms with Crippen LogP contribution in [0.15, 0.2) is 18.3 Å². The van der Waals surface area contributed by atoms with Gasteiger partial charge in [0.2, 0.25) is 0 Å². The maximum Gasteiger partial charge on any atom is 0.142 e. The molecular weight excluding hydrogens is 222 g/mol. The van der Waals surface area contributed by atoms with Crippen molar-refractivity contribution in [2.24, 2.45) is 5.73 Å². The van der Waals surface area contributed by atoms with Gasteiger partial charge in [0.25, 0.3) is 0 Å². The fraction of sp³-hybridized carbons (Fsp3) is 0.455. The van der Waals surface area contributed by atoms with Gasteiger partial charge in [0, 0.05) is 25.7 Å². The highest BCUT2D eigenvalue weighted by atomic mass is 32.2. The van der Waals surface area contributed by atoms with Crippen molar-refractivity contribution in [3.63, 3.8) is 0 Å². The van der Waals surface area contributed by atoms with Crippen molar-refractivity contribution in [1.29, 1.82) is 5.41 Å². The number of thioether (sulfide) groups is 1. The molecule has 0 bridgehead atoms. The predicted octanol–water partition coefficient (Wildman–Crippen LogP) is 1.64. The first kappa shape index (κ1) is 13.0. The zero-order valence-electron chi connectivity index (χ0n) is 9.40. The number of nitrogen functional groups attached to an aromatic ring is 1. The maximum atomic E-state index is 7.41. The van der Waals surface area contributed by atoms with Gasteiger partial charge in [-0.15, -0.1) is 0 Å². The Balaban J connectivity index is 2.44. The van der Waals surface area contributed by atoms with E-state index in [1.807, 2.05) is 12.1 Å². The molecule has 1 heterocycles. The standard InChI is InChI=1S/C11H17N3OS/c1-15-6-3-7-16-8-9-4-2-5-14-10(9)11(12)13/h2,4-5H,3,6-8H2,1H3,(H3,12,13). The lowest BCUT2D eigenvalue weighted by molar-refractivity contribution is 0.200. The van der Waals surface area contributed by atoms with Gasteiger partial charge in [0.15, 0.2) is 0 Å². The molecule has 3 N–H and O–H groups in total. The molecule has 0 aliphatic heterocycles. The number of rotatable bonds is 7. The van der Waals surface area contributed by atoms with Crippen molar-refractivity contribution in [3.8, 4) is 0 Å². The Kier molecular flexibility index (Phi) is 5.88. The number of nitrogens with two attached hydrogens (primary N) is 1. The predicted molar refractivity (Wildman–Crippen MR) is 67.9 cm³/mol. The van der Waals surface area contributed by atoms with Crippen LogP contribution in [0.2, 0.25) is 0 Å². The highest BCUT2D eigenvalue weighted by molar-refractivity contribution is 7.98. The Morgan fingerprint density at radius 2 is 2.44 bits per heavy atom. The fourth-order valence-electron chi connectivity index (χ4n) is 1.29. The maximum absolute atomic E-state index is 7.41. The van der Waals surface area contributed by atoms with Crippen LogP contribution in [0.5, 0.6) is 0 Å². The van der Waals surface area contributed by atoms with Gasteiger partial charge in [-0.3, -0.25) is 10.4 Å². The quantitative estimate of drug-likeness (QED) is 0.431. The summed E-state index contributed by atoms with van der Waals surface area (Å²) in [6.07, 6.45) is 2.70. The molecule has 0 radical (unpaired) electrons. The Morgan fingerprint density at radius 1 is 1.62 bits per heavy atom. The smallest absolute Gasteiger partial charge is 0.142 e. The largest absolute Gasteiger partial charge is 0.385 e. The average Bonchev–Trinajstić information content (AvgIpc) is 2.29. The van der Waals surface area contributed by atoms with Gasteiger partial charge in [0.1, 0.15) is 11.5 Å². The van der Waals surface area contributed by atoms with Crippen molar-refractivity contribution in [2.75, 3.05) is 19.5 Å². The molecule has 1 aromatic rings. The molecule has 0 aromatic carbocycles. The summed E-state index contributed by atoms with van der Waals surface area (Å²) in [4.78, 5) is 4.11. The number of amidine groups is 1. The lowest BCUT2D eigenvalue weighted by Crippen LogP contribution is -2.15. The van der Waals surface area contributed by atoms with Gasteiger partial charge in [-0.2, -0.15) is 11.8 Å². The molecule has 4 nitrogen and oxygen atoms in total. The molecule has 5 heteroatoms. The Morgan fingerprint density at radius 3 is 3.12 bits per heavy atom. The van der Waals surface area contributed by atoms with Crippen molar-refractivity contribution < 1.29 is 4.74 Å². The molecule has 0 aliphatic carbocycles. The summed E-state index contributed by atoms with van der Waals surface area (Å²) in [7, 11) is 1.71. The lowest BCUT2D eigenvalue weighted by Gasteiger charge is -2.06. The summed E-state index contributed by atoms with van der Waals surface area (Å²) >= 11 is 1.81. The van der Waals surface area contributed by atoms with E-state index in [0.717, 1.165) is 30.1 Å². The van der Waals surface area contributed by atoms with E-state index in [-0.39, 0.29) is 5.84 Å². The second-order valence-corrected chi connectivity index (χ2v) is 4.43. The third kappa shape index (κ3) is 4.20. The van der Waals surface area contributed by atoms with Crippen LogP contribution in [-0.2, 0) is 10.5 Å². The van der Waals surface area contributed by atoms with Gasteiger partial charge in [-0.25, -0.2) is 0 Å². The monoisotopic (exact) mass is 239 g/mol. The van der Waals surface area contributed by atoms with Crippen LogP contribution in [0.3, 0.4) is 0 Å². The molecule has 0 saturated carbocycles. The van der Waals surface area contributed by atoms with Crippen LogP contribution in [0.25, 0.3) is 0 Å². The number of hydrogen-bond donors (Lipinski definition) is 2. The minimum atomic E-state index is 0.0353. The molecule has 0 amide bonds. The van der Waals surface area contributed by atoms with Crippen LogP contribution in [0.4, 0.5) is 0 Å². The number of nitrogens with one attached hydrogen (secondary N) is 1. The normalized spacial score (nSPS) is 10.3. The third-order valence-corrected chi connectivity index (χ3v) is 3.13. The highest BCUT2D eigenvalue weighted by Gasteiger charge is 2.05. The van der Waals surface area contributed by atoms with Crippen LogP contribution in [-0.4, -0.2) is 30.3 Å². The molecule has 0 saturated heterocycles. The number of aromatic nitrogens is 1. The second-order valence-electron chi connectivity index (χ2n) is 3.32. The van der Waals surface area contributed by atoms with Gasteiger partial charge >= 0.3 is 0 Å². The number of ether oxygens (including phenoxy) is 1. The Labute approximate surface area is 100 Å². The zero-order valence-corrected chi connectivity index (χ0v) is 10.2. The molecule has 0 unspecified atom stereocenters. The minimum absolute atomic E-state index is 0.0353. The number of methoxy groups -OCH3 is 1. The topological polar surface area (TPSA) is 72.0 Å². The molecule has 16 heavy (non-hydrogen) atoms. The van der Waals surface area contributed by atoms with E-state index in [4.69, 9.17) is 15.9 Å². The van der Waals surface area contributed by atoms with Crippen molar-refractivity contribution >= 4 is 17.6 Å². The van der Waals surface area contributed by atoms with Gasteiger partial charge in [-0.1, -0.05) is 6.07 Å². The second kappa shape index (κ2) is 7.24. The van der Waals surface area contributed by atoms with E-state index in [0.29, 0.717) is 5.69 Å². The van der Waals surface area contributed by atoms with E-state index < -0.39 is 0 Å². The zero-order chi connectivity index (χ0) is 11.8. The van der Waals surface area contributed by atoms with Gasteiger partial charge in [0.05, 0.1) is 0 Å².